The summed E-state index contributed by atoms with van der Waals surface area (Å²) in [5, 5.41) is 0. The van der Waals surface area contributed by atoms with E-state index in [1.165, 1.54) is 11.1 Å². The summed E-state index contributed by atoms with van der Waals surface area (Å²) in [4.78, 5) is 2.30. The van der Waals surface area contributed by atoms with Gasteiger partial charge in [-0.2, -0.15) is 0 Å². The molecule has 0 atom stereocenters. The van der Waals surface area contributed by atoms with Gasteiger partial charge in [0.05, 0.1) is 6.61 Å². The molecule has 100 valence electrons. The lowest BCUT2D eigenvalue weighted by molar-refractivity contribution is 0.155. The van der Waals surface area contributed by atoms with Crippen molar-refractivity contribution < 1.29 is 4.74 Å². The minimum Gasteiger partial charge on any atom is -0.493 e. The summed E-state index contributed by atoms with van der Waals surface area (Å²) >= 11 is 0. The van der Waals surface area contributed by atoms with Crippen LogP contribution in [-0.2, 0) is 13.0 Å². The van der Waals surface area contributed by atoms with Gasteiger partial charge < -0.3 is 10.5 Å². The van der Waals surface area contributed by atoms with Crippen molar-refractivity contribution in [2.24, 2.45) is 5.73 Å². The predicted octanol–water partition coefficient (Wildman–Crippen LogP) is 2.18. The molecule has 0 bridgehead atoms. The smallest absolute Gasteiger partial charge is 0.122 e. The molecule has 0 spiro atoms. The molecule has 2 rings (SSSR count). The second-order valence-electron chi connectivity index (χ2n) is 5.77. The Balaban J connectivity index is 2.10. The van der Waals surface area contributed by atoms with E-state index in [0.29, 0.717) is 6.54 Å². The third-order valence-corrected chi connectivity index (χ3v) is 3.93. The first-order valence-electron chi connectivity index (χ1n) is 6.69. The molecule has 1 aromatic carbocycles. The number of rotatable bonds is 4. The minimum absolute atomic E-state index is 0.0341. The molecular weight excluding hydrogens is 224 g/mol. The van der Waals surface area contributed by atoms with E-state index >= 15 is 0 Å². The zero-order valence-corrected chi connectivity index (χ0v) is 11.7. The van der Waals surface area contributed by atoms with Crippen molar-refractivity contribution in [3.63, 3.8) is 0 Å². The quantitative estimate of drug-likeness (QED) is 0.887. The Morgan fingerprint density at radius 1 is 1.39 bits per heavy atom. The molecule has 1 aliphatic rings. The Labute approximate surface area is 110 Å². The summed E-state index contributed by atoms with van der Waals surface area (Å²) in [7, 11) is 2.13. The Kier molecular flexibility index (Phi) is 3.93. The largest absolute Gasteiger partial charge is 0.493 e. The number of nitrogens with zero attached hydrogens (tertiary/aromatic N) is 1. The minimum atomic E-state index is 0.0341. The van der Waals surface area contributed by atoms with Crippen LogP contribution in [0.4, 0.5) is 0 Å². The van der Waals surface area contributed by atoms with E-state index < -0.39 is 0 Å². The molecule has 0 radical (unpaired) electrons. The summed E-state index contributed by atoms with van der Waals surface area (Å²) in [6.45, 7) is 6.80. The monoisotopic (exact) mass is 248 g/mol. The van der Waals surface area contributed by atoms with Crippen LogP contribution in [0, 0.1) is 0 Å². The van der Waals surface area contributed by atoms with E-state index in [1.807, 2.05) is 0 Å². The molecule has 0 saturated carbocycles. The first kappa shape index (κ1) is 13.4. The maximum absolute atomic E-state index is 5.81. The number of benzene rings is 1. The predicted molar refractivity (Wildman–Crippen MR) is 74.9 cm³/mol. The first-order valence-corrected chi connectivity index (χ1v) is 6.69. The number of hydrogen-bond donors (Lipinski definition) is 1. The highest BCUT2D eigenvalue weighted by Crippen LogP contribution is 2.26. The summed E-state index contributed by atoms with van der Waals surface area (Å²) in [6, 6.07) is 6.54. The maximum atomic E-state index is 5.81. The van der Waals surface area contributed by atoms with E-state index in [-0.39, 0.29) is 5.54 Å². The van der Waals surface area contributed by atoms with Crippen molar-refractivity contribution >= 4 is 0 Å². The highest BCUT2D eigenvalue weighted by Gasteiger charge is 2.21. The van der Waals surface area contributed by atoms with Crippen LogP contribution in [-0.4, -0.2) is 30.6 Å². The topological polar surface area (TPSA) is 38.5 Å². The maximum Gasteiger partial charge on any atom is 0.122 e. The molecule has 0 amide bonds. The Morgan fingerprint density at radius 2 is 2.17 bits per heavy atom. The molecule has 0 aromatic heterocycles. The lowest BCUT2D eigenvalue weighted by Gasteiger charge is -2.34. The fourth-order valence-corrected chi connectivity index (χ4v) is 2.16. The van der Waals surface area contributed by atoms with Gasteiger partial charge in [-0.15, -0.1) is 0 Å². The van der Waals surface area contributed by atoms with Gasteiger partial charge in [0, 0.05) is 18.6 Å². The second kappa shape index (κ2) is 5.29. The van der Waals surface area contributed by atoms with E-state index in [0.717, 1.165) is 31.7 Å². The third-order valence-electron chi connectivity index (χ3n) is 3.93. The molecule has 0 unspecified atom stereocenters. The lowest BCUT2D eigenvalue weighted by atomic mass is 10.0. The SMILES string of the molecule is CN(Cc1ccc2c(c1)CCCO2)C(C)(C)CN. The summed E-state index contributed by atoms with van der Waals surface area (Å²) < 4.78 is 5.64. The molecule has 1 aromatic rings. The van der Waals surface area contributed by atoms with Crippen LogP contribution < -0.4 is 10.5 Å². The average Bonchev–Trinajstić information content (AvgIpc) is 2.38. The van der Waals surface area contributed by atoms with E-state index in [4.69, 9.17) is 10.5 Å². The van der Waals surface area contributed by atoms with Gasteiger partial charge in [-0.3, -0.25) is 4.90 Å². The number of fused-ring (bicyclic) bond motifs is 1. The van der Waals surface area contributed by atoms with Gasteiger partial charge in [0.15, 0.2) is 0 Å². The van der Waals surface area contributed by atoms with Gasteiger partial charge in [-0.1, -0.05) is 12.1 Å². The fourth-order valence-electron chi connectivity index (χ4n) is 2.16. The molecule has 3 nitrogen and oxygen atoms in total. The van der Waals surface area contributed by atoms with Gasteiger partial charge in [0.1, 0.15) is 5.75 Å². The van der Waals surface area contributed by atoms with Crippen LogP contribution in [0.1, 0.15) is 31.4 Å². The first-order chi connectivity index (χ1) is 8.53. The van der Waals surface area contributed by atoms with Gasteiger partial charge in [0.2, 0.25) is 0 Å². The zero-order valence-electron chi connectivity index (χ0n) is 11.7. The summed E-state index contributed by atoms with van der Waals surface area (Å²) in [5.74, 6) is 1.06. The van der Waals surface area contributed by atoms with Gasteiger partial charge in [-0.25, -0.2) is 0 Å². The van der Waals surface area contributed by atoms with Crippen LogP contribution in [0.3, 0.4) is 0 Å². The van der Waals surface area contributed by atoms with Crippen molar-refractivity contribution in [2.75, 3.05) is 20.2 Å². The van der Waals surface area contributed by atoms with Crippen LogP contribution in [0.2, 0.25) is 0 Å². The Hall–Kier alpha value is -1.06. The Bertz CT molecular complexity index is 415. The van der Waals surface area contributed by atoms with Gasteiger partial charge in [0.25, 0.3) is 0 Å². The number of hydrogen-bond acceptors (Lipinski definition) is 3. The van der Waals surface area contributed by atoms with Crippen molar-refractivity contribution in [3.05, 3.63) is 29.3 Å². The number of nitrogens with two attached hydrogens (primary N) is 1. The van der Waals surface area contributed by atoms with Crippen molar-refractivity contribution in [1.29, 1.82) is 0 Å². The van der Waals surface area contributed by atoms with Crippen LogP contribution in [0.25, 0.3) is 0 Å². The zero-order chi connectivity index (χ0) is 13.2. The van der Waals surface area contributed by atoms with Crippen LogP contribution >= 0.6 is 0 Å². The molecule has 3 heteroatoms. The van der Waals surface area contributed by atoms with Crippen LogP contribution in [0.15, 0.2) is 18.2 Å². The number of aryl methyl sites for hydroxylation is 1. The van der Waals surface area contributed by atoms with E-state index in [2.05, 4.69) is 44.0 Å². The standard InChI is InChI=1S/C15H24N2O/c1-15(2,11-16)17(3)10-12-6-7-14-13(9-12)5-4-8-18-14/h6-7,9H,4-5,8,10-11,16H2,1-3H3. The average molecular weight is 248 g/mol. The van der Waals surface area contributed by atoms with Crippen molar-refractivity contribution in [2.45, 2.75) is 38.8 Å². The molecule has 18 heavy (non-hydrogen) atoms. The third kappa shape index (κ3) is 2.85. The number of likely N-dealkylation sites (N-methyl/N-ethyl adjacent to an activating group) is 1. The number of ether oxygens (including phenoxy) is 1. The molecular formula is C15H24N2O. The van der Waals surface area contributed by atoms with Gasteiger partial charge >= 0.3 is 0 Å². The molecule has 2 N–H and O–H groups in total. The molecule has 1 aliphatic heterocycles. The summed E-state index contributed by atoms with van der Waals surface area (Å²) in [5.41, 5.74) is 8.53. The molecule has 1 heterocycles. The molecule has 0 saturated heterocycles. The van der Waals surface area contributed by atoms with Crippen molar-refractivity contribution in [3.8, 4) is 5.75 Å². The summed E-state index contributed by atoms with van der Waals surface area (Å²) in [6.07, 6.45) is 2.26. The van der Waals surface area contributed by atoms with Gasteiger partial charge in [-0.05, 0) is 50.9 Å². The normalized spacial score (nSPS) is 15.4. The van der Waals surface area contributed by atoms with Crippen molar-refractivity contribution in [1.82, 2.24) is 4.90 Å². The lowest BCUT2D eigenvalue weighted by Crippen LogP contribution is -2.46. The fraction of sp³-hybridized carbons (Fsp3) is 0.600. The highest BCUT2D eigenvalue weighted by atomic mass is 16.5. The molecule has 0 aliphatic carbocycles. The van der Waals surface area contributed by atoms with E-state index in [1.54, 1.807) is 0 Å². The molecule has 0 fully saturated rings. The van der Waals surface area contributed by atoms with E-state index in [9.17, 15) is 0 Å². The van der Waals surface area contributed by atoms with Crippen LogP contribution in [0.5, 0.6) is 5.75 Å². The second-order valence-corrected chi connectivity index (χ2v) is 5.77. The Morgan fingerprint density at radius 3 is 2.89 bits per heavy atom. The highest BCUT2D eigenvalue weighted by molar-refractivity contribution is 5.38.